The molecular formula is C41H77Cl3N4O3S2. The van der Waals surface area contributed by atoms with E-state index in [-0.39, 0.29) is 66.4 Å². The second-order valence-electron chi connectivity index (χ2n) is 17.3. The number of halogens is 3. The molecule has 4 aliphatic carbocycles. The van der Waals surface area contributed by atoms with Crippen molar-refractivity contribution in [1.29, 1.82) is 0 Å². The highest BCUT2D eigenvalue weighted by molar-refractivity contribution is 8.77. The summed E-state index contributed by atoms with van der Waals surface area (Å²) in [7, 11) is 2.91. The van der Waals surface area contributed by atoms with E-state index in [0.717, 1.165) is 100 Å². The van der Waals surface area contributed by atoms with Crippen LogP contribution in [0.25, 0.3) is 0 Å². The number of nitrogens with zero attached hydrogens (tertiary/aromatic N) is 1. The standard InChI is InChI=1S/C41H74N4O3S2.3ClH/c1-30(2)11-8-12-31(3)35-15-16-36-34-14-13-32-27-33(17-19-40(32,4)37(34)18-20-41(35,36)5)48-39(47)29-50-49-28-38(46)45(26-10-22-43)25-7-6-23-44-24-9-21-42;;;/h13,30-31,33-37,44H,6-12,14-29,42-43H2,1-5H3;3*1H/t31-,33+,34+,35-,36+,37+,40+,41-;;;/m1.../s1. The number of nitrogens with one attached hydrogen (secondary N) is 1. The molecule has 0 aromatic heterocycles. The molecule has 4 rings (SSSR count). The number of allylic oxidation sites excluding steroid dienone is 1. The number of esters is 1. The van der Waals surface area contributed by atoms with Crippen molar-refractivity contribution in [3.8, 4) is 0 Å². The molecule has 0 bridgehead atoms. The molecule has 0 aliphatic heterocycles. The zero-order valence-corrected chi connectivity index (χ0v) is 37.8. The largest absolute Gasteiger partial charge is 0.461 e. The molecule has 0 radical (unpaired) electrons. The Bertz CT molecular complexity index is 1110. The molecule has 3 saturated carbocycles. The molecule has 8 atom stereocenters. The number of rotatable bonds is 22. The molecule has 5 N–H and O–H groups in total. The lowest BCUT2D eigenvalue weighted by molar-refractivity contribution is -0.148. The van der Waals surface area contributed by atoms with Gasteiger partial charge in [-0.25, -0.2) is 0 Å². The summed E-state index contributed by atoms with van der Waals surface area (Å²) >= 11 is 0. The van der Waals surface area contributed by atoms with Crippen LogP contribution in [0.5, 0.6) is 0 Å². The Kier molecular flexibility index (Phi) is 24.6. The van der Waals surface area contributed by atoms with Crippen LogP contribution in [0.2, 0.25) is 0 Å². The number of nitrogens with two attached hydrogens (primary N) is 2. The molecule has 3 fully saturated rings. The van der Waals surface area contributed by atoms with Gasteiger partial charge in [0.2, 0.25) is 5.91 Å². The Balaban J connectivity index is 0.00000468. The number of carbonyl (C=O) groups is 2. The Morgan fingerprint density at radius 3 is 2.28 bits per heavy atom. The number of unbranched alkanes of at least 4 members (excludes halogenated alkanes) is 1. The van der Waals surface area contributed by atoms with E-state index < -0.39 is 0 Å². The van der Waals surface area contributed by atoms with Gasteiger partial charge in [-0.05, 0) is 143 Å². The topological polar surface area (TPSA) is 111 Å². The van der Waals surface area contributed by atoms with Gasteiger partial charge in [-0.3, -0.25) is 9.59 Å². The number of fused-ring (bicyclic) bond motifs is 5. The predicted molar refractivity (Wildman–Crippen MR) is 236 cm³/mol. The first kappa shape index (κ1) is 51.1. The normalized spacial score (nSPS) is 29.3. The minimum Gasteiger partial charge on any atom is -0.461 e. The van der Waals surface area contributed by atoms with Crippen molar-refractivity contribution in [3.63, 3.8) is 0 Å². The number of hydrogen-bond acceptors (Lipinski definition) is 8. The molecule has 0 aromatic rings. The third kappa shape index (κ3) is 14.2. The zero-order valence-electron chi connectivity index (χ0n) is 33.8. The summed E-state index contributed by atoms with van der Waals surface area (Å²) in [5, 5.41) is 3.40. The van der Waals surface area contributed by atoms with Gasteiger partial charge in [-0.2, -0.15) is 0 Å². The lowest BCUT2D eigenvalue weighted by Gasteiger charge is -2.58. The average molecular weight is 845 g/mol. The Labute approximate surface area is 350 Å². The van der Waals surface area contributed by atoms with E-state index in [4.69, 9.17) is 16.2 Å². The van der Waals surface area contributed by atoms with Gasteiger partial charge in [0, 0.05) is 19.5 Å². The Hall–Kier alpha value is 0.130. The molecule has 0 unspecified atom stereocenters. The van der Waals surface area contributed by atoms with Gasteiger partial charge < -0.3 is 26.4 Å². The molecule has 12 heteroatoms. The average Bonchev–Trinajstić information content (AvgIpc) is 3.44. The monoisotopic (exact) mass is 842 g/mol. The van der Waals surface area contributed by atoms with Crippen molar-refractivity contribution in [2.45, 2.75) is 137 Å². The number of ether oxygens (including phenoxy) is 1. The molecule has 312 valence electrons. The molecule has 0 heterocycles. The van der Waals surface area contributed by atoms with Crippen LogP contribution in [0.1, 0.15) is 131 Å². The summed E-state index contributed by atoms with van der Waals surface area (Å²) in [4.78, 5) is 27.8. The zero-order chi connectivity index (χ0) is 36.1. The first-order valence-corrected chi connectivity index (χ1v) is 23.0. The van der Waals surface area contributed by atoms with Gasteiger partial charge in [0.25, 0.3) is 0 Å². The second-order valence-corrected chi connectivity index (χ2v) is 19.8. The molecule has 7 nitrogen and oxygen atoms in total. The van der Waals surface area contributed by atoms with Crippen molar-refractivity contribution < 1.29 is 14.3 Å². The summed E-state index contributed by atoms with van der Waals surface area (Å²) < 4.78 is 6.07. The SMILES string of the molecule is CC(C)CCC[C@@H](C)[C@H]1CC[C@H]2[C@@H]3CC=C4C[C@@H](OC(=O)CSSCC(=O)N(CCCN)CCCCNCCCN)CC[C@]4(C)[C@H]3CC[C@]12C.Cl.Cl.Cl. The van der Waals surface area contributed by atoms with E-state index in [9.17, 15) is 9.59 Å². The maximum atomic E-state index is 13.0. The molecule has 0 aromatic carbocycles. The Morgan fingerprint density at radius 2 is 1.57 bits per heavy atom. The van der Waals surface area contributed by atoms with Crippen molar-refractivity contribution in [2.24, 2.45) is 57.8 Å². The van der Waals surface area contributed by atoms with Crippen molar-refractivity contribution in [3.05, 3.63) is 11.6 Å². The van der Waals surface area contributed by atoms with Gasteiger partial charge in [0.1, 0.15) is 11.9 Å². The number of amides is 1. The highest BCUT2D eigenvalue weighted by Gasteiger charge is 2.59. The van der Waals surface area contributed by atoms with Crippen LogP contribution in [0.15, 0.2) is 11.6 Å². The van der Waals surface area contributed by atoms with Gasteiger partial charge >= 0.3 is 5.97 Å². The van der Waals surface area contributed by atoms with Crippen LogP contribution in [0.3, 0.4) is 0 Å². The van der Waals surface area contributed by atoms with Crippen molar-refractivity contribution in [2.75, 3.05) is 50.8 Å². The number of carbonyl (C=O) groups excluding carboxylic acids is 2. The molecule has 0 saturated heterocycles. The first-order chi connectivity index (χ1) is 24.0. The quantitative estimate of drug-likeness (QED) is 0.0428. The number of hydrogen-bond donors (Lipinski definition) is 3. The van der Waals surface area contributed by atoms with Crippen molar-refractivity contribution >= 4 is 70.7 Å². The van der Waals surface area contributed by atoms with Crippen LogP contribution in [-0.2, 0) is 14.3 Å². The predicted octanol–water partition coefficient (Wildman–Crippen LogP) is 9.48. The van der Waals surface area contributed by atoms with Crippen LogP contribution in [0.4, 0.5) is 0 Å². The van der Waals surface area contributed by atoms with Crippen LogP contribution in [-0.4, -0.2) is 73.7 Å². The molecular weight excluding hydrogens is 767 g/mol. The fourth-order valence-corrected chi connectivity index (χ4v) is 12.5. The molecule has 4 aliphatic rings. The summed E-state index contributed by atoms with van der Waals surface area (Å²) in [5.74, 6) is 5.65. The smallest absolute Gasteiger partial charge is 0.317 e. The third-order valence-electron chi connectivity index (χ3n) is 13.6. The summed E-state index contributed by atoms with van der Waals surface area (Å²) in [6.45, 7) is 17.1. The molecule has 0 spiro atoms. The van der Waals surface area contributed by atoms with Gasteiger partial charge in [0.05, 0.1) is 5.75 Å². The van der Waals surface area contributed by atoms with E-state index in [1.807, 2.05) is 4.90 Å². The van der Waals surface area contributed by atoms with E-state index in [0.29, 0.717) is 30.8 Å². The fraction of sp³-hybridized carbons (Fsp3) is 0.902. The fourth-order valence-electron chi connectivity index (χ4n) is 10.8. The van der Waals surface area contributed by atoms with E-state index in [2.05, 4.69) is 46.0 Å². The molecule has 1 amide bonds. The minimum atomic E-state index is -0.145. The Morgan fingerprint density at radius 1 is 0.868 bits per heavy atom. The lowest BCUT2D eigenvalue weighted by Crippen LogP contribution is -2.51. The maximum Gasteiger partial charge on any atom is 0.317 e. The third-order valence-corrected chi connectivity index (χ3v) is 15.7. The second kappa shape index (κ2) is 25.5. The van der Waals surface area contributed by atoms with Crippen LogP contribution >= 0.6 is 58.8 Å². The lowest BCUT2D eigenvalue weighted by atomic mass is 9.47. The van der Waals surface area contributed by atoms with Gasteiger partial charge in [0.15, 0.2) is 0 Å². The van der Waals surface area contributed by atoms with Gasteiger partial charge in [-0.1, -0.05) is 87.1 Å². The minimum absolute atomic E-state index is 0. The highest BCUT2D eigenvalue weighted by atomic mass is 35.5. The summed E-state index contributed by atoms with van der Waals surface area (Å²) in [6, 6.07) is 0. The van der Waals surface area contributed by atoms with Crippen LogP contribution in [0, 0.1) is 46.3 Å². The highest BCUT2D eigenvalue weighted by Crippen LogP contribution is 2.67. The first-order valence-electron chi connectivity index (χ1n) is 20.6. The van der Waals surface area contributed by atoms with E-state index >= 15 is 0 Å². The van der Waals surface area contributed by atoms with Crippen molar-refractivity contribution in [1.82, 2.24) is 10.2 Å². The van der Waals surface area contributed by atoms with E-state index in [1.165, 1.54) is 73.0 Å². The van der Waals surface area contributed by atoms with E-state index in [1.54, 1.807) is 5.57 Å². The summed E-state index contributed by atoms with van der Waals surface area (Å²) in [6.07, 6.45) is 20.4. The molecule has 53 heavy (non-hydrogen) atoms. The van der Waals surface area contributed by atoms with Gasteiger partial charge in [-0.15, -0.1) is 37.2 Å². The summed E-state index contributed by atoms with van der Waals surface area (Å²) in [5.41, 5.74) is 13.6. The van der Waals surface area contributed by atoms with Crippen LogP contribution < -0.4 is 16.8 Å². The maximum absolute atomic E-state index is 13.0.